The van der Waals surface area contributed by atoms with E-state index in [4.69, 9.17) is 4.74 Å². The van der Waals surface area contributed by atoms with E-state index in [9.17, 15) is 23.1 Å². The molecule has 4 N–H and O–H groups in total. The summed E-state index contributed by atoms with van der Waals surface area (Å²) in [5, 5.41) is 11.1. The van der Waals surface area contributed by atoms with Crippen LogP contribution in [-0.2, 0) is 22.3 Å². The summed E-state index contributed by atoms with van der Waals surface area (Å²) >= 11 is 0. The maximum absolute atomic E-state index is 12.6. The number of rotatable bonds is 5. The number of halogens is 3. The van der Waals surface area contributed by atoms with Gasteiger partial charge in [0.2, 0.25) is 0 Å². The van der Waals surface area contributed by atoms with E-state index in [1.807, 2.05) is 0 Å². The minimum absolute atomic E-state index is 0. The number of alkyl halides is 3. The molecule has 1 unspecified atom stereocenters. The predicted molar refractivity (Wildman–Crippen MR) is 76.4 cm³/mol. The van der Waals surface area contributed by atoms with Crippen molar-refractivity contribution in [3.63, 3.8) is 0 Å². The van der Waals surface area contributed by atoms with Crippen LogP contribution >= 0.6 is 0 Å². The maximum Gasteiger partial charge on any atom is 0.416 e. The Bertz CT molecular complexity index is 645. The summed E-state index contributed by atoms with van der Waals surface area (Å²) in [6, 6.07) is 12.6. The molecule has 4 nitrogen and oxygen atoms in total. The lowest BCUT2D eigenvalue weighted by Gasteiger charge is -2.19. The third-order valence-corrected chi connectivity index (χ3v) is 2.99. The van der Waals surface area contributed by atoms with Crippen LogP contribution in [0.4, 0.5) is 13.2 Å². The molecule has 2 aromatic carbocycles. The molecular weight excluding hydrogens is 311 g/mol. The molecule has 0 fully saturated rings. The fraction of sp³-hybridized carbons (Fsp3) is 0.188. The molecule has 0 aliphatic carbocycles. The van der Waals surface area contributed by atoms with Crippen molar-refractivity contribution in [2.24, 2.45) is 0 Å². The highest BCUT2D eigenvalue weighted by molar-refractivity contribution is 5.72. The van der Waals surface area contributed by atoms with Gasteiger partial charge in [0, 0.05) is 0 Å². The number of aliphatic carboxylic acids is 1. The molecule has 0 aliphatic heterocycles. The first-order chi connectivity index (χ1) is 10.4. The largest absolute Gasteiger partial charge is 0.547 e. The molecule has 0 saturated heterocycles. The van der Waals surface area contributed by atoms with Gasteiger partial charge in [0.15, 0.2) is 0 Å². The van der Waals surface area contributed by atoms with E-state index in [1.54, 1.807) is 30.3 Å². The first-order valence-electron chi connectivity index (χ1n) is 6.41. The van der Waals surface area contributed by atoms with Crippen molar-refractivity contribution >= 4 is 5.97 Å². The van der Waals surface area contributed by atoms with E-state index >= 15 is 0 Å². The smallest absolute Gasteiger partial charge is 0.416 e. The number of ether oxygens (including phenoxy) is 1. The fourth-order valence-electron chi connectivity index (χ4n) is 1.95. The number of quaternary nitrogens is 1. The van der Waals surface area contributed by atoms with Crippen LogP contribution < -0.4 is 11.3 Å². The molecule has 23 heavy (non-hydrogen) atoms. The molecular formula is C16H16F3NO3. The van der Waals surface area contributed by atoms with Crippen molar-refractivity contribution < 1.29 is 27.8 Å². The van der Waals surface area contributed by atoms with Crippen LogP contribution in [0.2, 0.25) is 0 Å². The van der Waals surface area contributed by atoms with Gasteiger partial charge in [-0.25, -0.2) is 0 Å². The van der Waals surface area contributed by atoms with Gasteiger partial charge in [-0.15, -0.1) is 0 Å². The van der Waals surface area contributed by atoms with Crippen LogP contribution in [0.25, 0.3) is 0 Å². The maximum atomic E-state index is 12.6. The first kappa shape index (κ1) is 18.7. The lowest BCUT2D eigenvalue weighted by Crippen LogP contribution is -2.31. The number of benzene rings is 2. The van der Waals surface area contributed by atoms with Gasteiger partial charge in [-0.05, 0) is 23.3 Å². The quantitative estimate of drug-likeness (QED) is 0.915. The average Bonchev–Trinajstić information content (AvgIpc) is 2.48. The average molecular weight is 327 g/mol. The van der Waals surface area contributed by atoms with Crippen LogP contribution in [0, 0.1) is 0 Å². The van der Waals surface area contributed by atoms with Crippen LogP contribution in [0.5, 0.6) is 0 Å². The van der Waals surface area contributed by atoms with E-state index in [1.165, 1.54) is 12.1 Å². The van der Waals surface area contributed by atoms with Gasteiger partial charge in [0.25, 0.3) is 0 Å². The third kappa shape index (κ3) is 5.08. The Morgan fingerprint density at radius 3 is 2.30 bits per heavy atom. The Morgan fingerprint density at radius 1 is 1.09 bits per heavy atom. The van der Waals surface area contributed by atoms with Crippen molar-refractivity contribution in [2.45, 2.75) is 18.9 Å². The SMILES string of the molecule is O=C([O-])C(OCc1cccc(C(F)(F)F)c1)c1ccccc1.[NH4+]. The number of carboxylic acids is 1. The molecule has 0 bridgehead atoms. The van der Waals surface area contributed by atoms with E-state index in [0.29, 0.717) is 5.56 Å². The minimum Gasteiger partial charge on any atom is -0.547 e. The van der Waals surface area contributed by atoms with Gasteiger partial charge in [0.05, 0.1) is 18.1 Å². The molecule has 0 heterocycles. The molecule has 2 rings (SSSR count). The van der Waals surface area contributed by atoms with E-state index in [0.717, 1.165) is 12.1 Å². The van der Waals surface area contributed by atoms with Crippen molar-refractivity contribution in [2.75, 3.05) is 0 Å². The fourth-order valence-corrected chi connectivity index (χ4v) is 1.95. The summed E-state index contributed by atoms with van der Waals surface area (Å²) in [5.74, 6) is -1.45. The topological polar surface area (TPSA) is 85.9 Å². The minimum atomic E-state index is -4.46. The Hall–Kier alpha value is -2.38. The molecule has 1 atom stereocenters. The zero-order valence-corrected chi connectivity index (χ0v) is 12.3. The lowest BCUT2D eigenvalue weighted by molar-refractivity contribution is -0.318. The van der Waals surface area contributed by atoms with Crippen LogP contribution in [0.3, 0.4) is 0 Å². The number of hydrogen-bond donors (Lipinski definition) is 1. The number of carbonyl (C=O) groups is 1. The first-order valence-corrected chi connectivity index (χ1v) is 6.41. The van der Waals surface area contributed by atoms with Crippen molar-refractivity contribution in [3.05, 3.63) is 71.3 Å². The molecule has 0 aliphatic rings. The Labute approximate surface area is 131 Å². The van der Waals surface area contributed by atoms with Gasteiger partial charge in [-0.3, -0.25) is 0 Å². The van der Waals surface area contributed by atoms with Crippen molar-refractivity contribution in [3.8, 4) is 0 Å². The molecule has 0 radical (unpaired) electrons. The van der Waals surface area contributed by atoms with E-state index in [2.05, 4.69) is 0 Å². The summed E-state index contributed by atoms with van der Waals surface area (Å²) in [6.07, 6.45) is -5.79. The molecule has 0 saturated carbocycles. The van der Waals surface area contributed by atoms with Gasteiger partial charge in [-0.1, -0.05) is 42.5 Å². The van der Waals surface area contributed by atoms with Gasteiger partial charge in [0.1, 0.15) is 6.10 Å². The second-order valence-corrected chi connectivity index (χ2v) is 4.62. The summed E-state index contributed by atoms with van der Waals surface area (Å²) in [7, 11) is 0. The highest BCUT2D eigenvalue weighted by Crippen LogP contribution is 2.30. The van der Waals surface area contributed by atoms with E-state index in [-0.39, 0.29) is 18.3 Å². The van der Waals surface area contributed by atoms with Crippen LogP contribution in [0.1, 0.15) is 22.8 Å². The summed E-state index contributed by atoms with van der Waals surface area (Å²) in [4.78, 5) is 11.1. The number of carboxylic acid groups (broad SMARTS) is 1. The zero-order valence-electron chi connectivity index (χ0n) is 12.3. The van der Waals surface area contributed by atoms with Crippen molar-refractivity contribution in [1.82, 2.24) is 6.15 Å². The normalized spacial score (nSPS) is 12.3. The summed E-state index contributed by atoms with van der Waals surface area (Å²) in [5.41, 5.74) is -0.204. The Kier molecular flexibility index (Phi) is 6.29. The van der Waals surface area contributed by atoms with Crippen molar-refractivity contribution in [1.29, 1.82) is 0 Å². The number of carbonyl (C=O) groups excluding carboxylic acids is 1. The summed E-state index contributed by atoms with van der Waals surface area (Å²) in [6.45, 7) is -0.266. The standard InChI is InChI=1S/C16H13F3O3.H3N/c17-16(18,19)13-8-4-5-11(9-13)10-22-14(15(20)21)12-6-2-1-3-7-12;/h1-9,14H,10H2,(H,20,21);1H3. The Morgan fingerprint density at radius 2 is 1.74 bits per heavy atom. The highest BCUT2D eigenvalue weighted by atomic mass is 19.4. The second kappa shape index (κ2) is 7.75. The lowest BCUT2D eigenvalue weighted by atomic mass is 10.1. The summed E-state index contributed by atoms with van der Waals surface area (Å²) < 4.78 is 43.1. The van der Waals surface area contributed by atoms with Gasteiger partial charge < -0.3 is 20.8 Å². The van der Waals surface area contributed by atoms with Gasteiger partial charge >= 0.3 is 6.18 Å². The molecule has 7 heteroatoms. The van der Waals surface area contributed by atoms with E-state index < -0.39 is 23.8 Å². The highest BCUT2D eigenvalue weighted by Gasteiger charge is 2.30. The number of hydrogen-bond acceptors (Lipinski definition) is 3. The molecule has 0 spiro atoms. The third-order valence-electron chi connectivity index (χ3n) is 2.99. The van der Waals surface area contributed by atoms with Gasteiger partial charge in [-0.2, -0.15) is 13.2 Å². The monoisotopic (exact) mass is 327 g/mol. The second-order valence-electron chi connectivity index (χ2n) is 4.62. The molecule has 0 aromatic heterocycles. The van der Waals surface area contributed by atoms with Crippen LogP contribution in [0.15, 0.2) is 54.6 Å². The Balaban J connectivity index is 0.00000264. The zero-order chi connectivity index (χ0) is 16.2. The predicted octanol–water partition coefficient (Wildman–Crippen LogP) is 3.09. The molecule has 0 amide bonds. The molecule has 2 aromatic rings. The van der Waals surface area contributed by atoms with Crippen LogP contribution in [-0.4, -0.2) is 5.97 Å². The molecule has 124 valence electrons.